The Hall–Kier alpha value is -2.30. The van der Waals surface area contributed by atoms with Crippen molar-refractivity contribution in [2.24, 2.45) is 5.41 Å². The molecule has 1 heterocycles. The van der Waals surface area contributed by atoms with Gasteiger partial charge in [-0.15, -0.1) is 0 Å². The Balaban J connectivity index is 2.05. The molecule has 5 heteroatoms. The first-order valence-electron chi connectivity index (χ1n) is 8.97. The fourth-order valence-electron chi connectivity index (χ4n) is 4.39. The fraction of sp³-hybridized carbons (Fsp3) is 0.524. The molecular formula is C21H27NO4. The van der Waals surface area contributed by atoms with Gasteiger partial charge in [0.2, 0.25) is 0 Å². The fourth-order valence-corrected chi connectivity index (χ4v) is 4.39. The lowest BCUT2D eigenvalue weighted by Crippen LogP contribution is -2.47. The Bertz CT molecular complexity index is 787. The molecule has 1 saturated carbocycles. The molecule has 5 nitrogen and oxygen atoms in total. The molecule has 26 heavy (non-hydrogen) atoms. The number of hydrogen-bond donors (Lipinski definition) is 1. The summed E-state index contributed by atoms with van der Waals surface area (Å²) in [5.41, 5.74) is 0.681. The van der Waals surface area contributed by atoms with E-state index in [1.165, 1.54) is 0 Å². The largest absolute Gasteiger partial charge is 0.515 e. The van der Waals surface area contributed by atoms with Gasteiger partial charge in [-0.3, -0.25) is 9.69 Å². The molecule has 1 aromatic rings. The first kappa shape index (κ1) is 18.5. The summed E-state index contributed by atoms with van der Waals surface area (Å²) in [4.78, 5) is 27.1. The number of ether oxygens (including phenoxy) is 1. The van der Waals surface area contributed by atoms with Gasteiger partial charge in [-0.2, -0.15) is 0 Å². The number of carbonyl (C=O) groups is 2. The molecule has 1 unspecified atom stereocenters. The minimum absolute atomic E-state index is 0.0289. The second-order valence-electron chi connectivity index (χ2n) is 9.08. The number of ketones is 1. The molecule has 3 rings (SSSR count). The maximum Gasteiger partial charge on any atom is 0.414 e. The number of allylic oxidation sites excluding steroid dienone is 1. The SMILES string of the molecule is CC(C)(C)OC(=O)N1CC2(CC(=CO)C(=O)C(C)(C)C2)c2ccccc21. The predicted octanol–water partition coefficient (Wildman–Crippen LogP) is 4.51. The average molecular weight is 357 g/mol. The summed E-state index contributed by atoms with van der Waals surface area (Å²) in [5, 5.41) is 9.63. The van der Waals surface area contributed by atoms with Crippen molar-refractivity contribution >= 4 is 17.6 Å². The third-order valence-corrected chi connectivity index (χ3v) is 5.21. The quantitative estimate of drug-likeness (QED) is 0.548. The van der Waals surface area contributed by atoms with Crippen LogP contribution in [-0.2, 0) is 14.9 Å². The number of benzene rings is 1. The van der Waals surface area contributed by atoms with Gasteiger partial charge in [-0.1, -0.05) is 32.0 Å². The van der Waals surface area contributed by atoms with E-state index in [1.54, 1.807) is 4.90 Å². The third kappa shape index (κ3) is 3.00. The number of amides is 1. The predicted molar refractivity (Wildman–Crippen MR) is 100 cm³/mol. The van der Waals surface area contributed by atoms with Crippen LogP contribution in [0.2, 0.25) is 0 Å². The van der Waals surface area contributed by atoms with Crippen molar-refractivity contribution < 1.29 is 19.4 Å². The summed E-state index contributed by atoms with van der Waals surface area (Å²) in [7, 11) is 0. The highest BCUT2D eigenvalue weighted by molar-refractivity contribution is 6.01. The zero-order valence-corrected chi connectivity index (χ0v) is 16.1. The van der Waals surface area contributed by atoms with E-state index in [9.17, 15) is 14.7 Å². The maximum atomic E-state index is 12.8. The first-order valence-corrected chi connectivity index (χ1v) is 8.97. The minimum atomic E-state index is -0.607. The first-order chi connectivity index (χ1) is 12.0. The van der Waals surface area contributed by atoms with Gasteiger partial charge >= 0.3 is 6.09 Å². The van der Waals surface area contributed by atoms with Crippen LogP contribution < -0.4 is 4.90 Å². The standard InChI is InChI=1S/C21H27NO4/c1-19(2,3)26-18(25)22-13-21(15-8-6-7-9-16(15)22)10-14(11-23)17(24)20(4,5)12-21/h6-9,11,23H,10,12-13H2,1-5H3. The molecule has 1 aliphatic heterocycles. The summed E-state index contributed by atoms with van der Waals surface area (Å²) in [5.74, 6) is -0.0289. The van der Waals surface area contributed by atoms with Gasteiger partial charge in [-0.25, -0.2) is 4.79 Å². The van der Waals surface area contributed by atoms with E-state index in [4.69, 9.17) is 4.74 Å². The molecule has 0 radical (unpaired) electrons. The minimum Gasteiger partial charge on any atom is -0.515 e. The van der Waals surface area contributed by atoms with Crippen LogP contribution in [0, 0.1) is 5.41 Å². The van der Waals surface area contributed by atoms with E-state index in [2.05, 4.69) is 0 Å². The lowest BCUT2D eigenvalue weighted by Gasteiger charge is -2.43. The molecule has 0 saturated heterocycles. The number of carbonyl (C=O) groups excluding carboxylic acids is 2. The van der Waals surface area contributed by atoms with Crippen molar-refractivity contribution in [2.75, 3.05) is 11.4 Å². The molecule has 2 aliphatic rings. The number of para-hydroxylation sites is 1. The number of fused-ring (bicyclic) bond motifs is 2. The summed E-state index contributed by atoms with van der Waals surface area (Å²) >= 11 is 0. The van der Waals surface area contributed by atoms with Crippen LogP contribution in [0.5, 0.6) is 0 Å². The number of aliphatic hydroxyl groups excluding tert-OH is 1. The van der Waals surface area contributed by atoms with Crippen LogP contribution in [0.15, 0.2) is 36.1 Å². The Morgan fingerprint density at radius 3 is 2.54 bits per heavy atom. The molecule has 1 aromatic carbocycles. The molecule has 1 spiro atoms. The molecule has 1 atom stereocenters. The molecule has 1 amide bonds. The third-order valence-electron chi connectivity index (χ3n) is 5.21. The van der Waals surface area contributed by atoms with E-state index in [0.717, 1.165) is 17.5 Å². The topological polar surface area (TPSA) is 66.8 Å². The highest BCUT2D eigenvalue weighted by Gasteiger charge is 2.54. The summed E-state index contributed by atoms with van der Waals surface area (Å²) < 4.78 is 5.59. The van der Waals surface area contributed by atoms with Crippen LogP contribution >= 0.6 is 0 Å². The average Bonchev–Trinajstić information content (AvgIpc) is 2.84. The van der Waals surface area contributed by atoms with E-state index in [-0.39, 0.29) is 11.9 Å². The maximum absolute atomic E-state index is 12.8. The molecule has 1 N–H and O–H groups in total. The summed E-state index contributed by atoms with van der Waals surface area (Å²) in [6, 6.07) is 7.78. The lowest BCUT2D eigenvalue weighted by atomic mass is 9.59. The smallest absolute Gasteiger partial charge is 0.414 e. The van der Waals surface area contributed by atoms with Crippen molar-refractivity contribution in [2.45, 2.75) is 58.5 Å². The van der Waals surface area contributed by atoms with Crippen molar-refractivity contribution in [3.05, 3.63) is 41.7 Å². The molecule has 1 aliphatic carbocycles. The van der Waals surface area contributed by atoms with Gasteiger partial charge in [-0.05, 0) is 45.2 Å². The summed E-state index contributed by atoms with van der Waals surface area (Å²) in [6.07, 6.45) is 1.59. The lowest BCUT2D eigenvalue weighted by molar-refractivity contribution is -0.126. The molecule has 0 aromatic heterocycles. The Labute approximate surface area is 154 Å². The number of nitrogens with zero attached hydrogens (tertiary/aromatic N) is 1. The van der Waals surface area contributed by atoms with Gasteiger partial charge < -0.3 is 9.84 Å². The van der Waals surface area contributed by atoms with Gasteiger partial charge in [0.05, 0.1) is 11.9 Å². The van der Waals surface area contributed by atoms with Crippen LogP contribution in [0.1, 0.15) is 53.0 Å². The van der Waals surface area contributed by atoms with Gasteiger partial charge in [0, 0.05) is 22.9 Å². The van der Waals surface area contributed by atoms with Crippen LogP contribution in [-0.4, -0.2) is 29.1 Å². The number of aliphatic hydroxyl groups is 1. The van der Waals surface area contributed by atoms with Gasteiger partial charge in [0.1, 0.15) is 5.60 Å². The highest BCUT2D eigenvalue weighted by atomic mass is 16.6. The number of Topliss-reactive ketones (excluding diaryl/α,β-unsaturated/α-hetero) is 1. The monoisotopic (exact) mass is 357 g/mol. The molecule has 1 fully saturated rings. The second-order valence-corrected chi connectivity index (χ2v) is 9.08. The normalized spacial score (nSPS) is 26.3. The van der Waals surface area contributed by atoms with Crippen LogP contribution in [0.3, 0.4) is 0 Å². The summed E-state index contributed by atoms with van der Waals surface area (Å²) in [6.45, 7) is 9.78. The molecule has 0 bridgehead atoms. The Morgan fingerprint density at radius 2 is 1.92 bits per heavy atom. The Morgan fingerprint density at radius 1 is 1.27 bits per heavy atom. The van der Waals surface area contributed by atoms with Gasteiger partial charge in [0.25, 0.3) is 0 Å². The van der Waals surface area contributed by atoms with Crippen molar-refractivity contribution in [1.29, 1.82) is 0 Å². The highest BCUT2D eigenvalue weighted by Crippen LogP contribution is 2.54. The van der Waals surface area contributed by atoms with E-state index >= 15 is 0 Å². The number of rotatable bonds is 0. The number of anilines is 1. The van der Waals surface area contributed by atoms with E-state index in [0.29, 0.717) is 25.0 Å². The van der Waals surface area contributed by atoms with Crippen LogP contribution in [0.25, 0.3) is 0 Å². The molecular weight excluding hydrogens is 330 g/mol. The van der Waals surface area contributed by atoms with Crippen LogP contribution in [0.4, 0.5) is 10.5 Å². The molecule has 140 valence electrons. The van der Waals surface area contributed by atoms with Crippen molar-refractivity contribution in [3.63, 3.8) is 0 Å². The van der Waals surface area contributed by atoms with Crippen molar-refractivity contribution in [3.8, 4) is 0 Å². The number of hydrogen-bond acceptors (Lipinski definition) is 4. The van der Waals surface area contributed by atoms with E-state index < -0.39 is 16.4 Å². The second kappa shape index (κ2) is 5.86. The zero-order valence-electron chi connectivity index (χ0n) is 16.1. The van der Waals surface area contributed by atoms with E-state index in [1.807, 2.05) is 58.9 Å². The van der Waals surface area contributed by atoms with Crippen molar-refractivity contribution in [1.82, 2.24) is 0 Å². The zero-order chi connectivity index (χ0) is 19.3. The Kier molecular flexibility index (Phi) is 4.17. The van der Waals surface area contributed by atoms with Gasteiger partial charge in [0.15, 0.2) is 5.78 Å².